The summed E-state index contributed by atoms with van der Waals surface area (Å²) in [5.74, 6) is -3.04. The molecular weight excluding hydrogens is 474 g/mol. The normalized spacial score (nSPS) is 16.8. The molecule has 3 rings (SSSR count). The summed E-state index contributed by atoms with van der Waals surface area (Å²) in [5, 5.41) is 13.7. The van der Waals surface area contributed by atoms with Crippen LogP contribution in [0.25, 0.3) is 0 Å². The summed E-state index contributed by atoms with van der Waals surface area (Å²) in [7, 11) is -3.98. The van der Waals surface area contributed by atoms with Crippen LogP contribution < -0.4 is 10.6 Å². The monoisotopic (exact) mass is 497 g/mol. The molecule has 2 atom stereocenters. The Bertz CT molecular complexity index is 1140. The molecule has 2 N–H and O–H groups in total. The maximum absolute atomic E-state index is 13.9. The minimum Gasteiger partial charge on any atom is -0.336 e. The molecule has 0 spiro atoms. The molecule has 0 radical (unpaired) electrons. The van der Waals surface area contributed by atoms with E-state index in [0.717, 1.165) is 29.8 Å². The van der Waals surface area contributed by atoms with E-state index >= 15 is 0 Å². The summed E-state index contributed by atoms with van der Waals surface area (Å²) >= 11 is 0. The van der Waals surface area contributed by atoms with Gasteiger partial charge in [-0.3, -0.25) is 10.1 Å². The second-order valence-electron chi connectivity index (χ2n) is 8.28. The summed E-state index contributed by atoms with van der Waals surface area (Å²) in [6.45, 7) is 0. The number of sulfone groups is 1. The molecule has 6 nitrogen and oxygen atoms in total. The van der Waals surface area contributed by atoms with Crippen molar-refractivity contribution in [3.8, 4) is 6.07 Å². The van der Waals surface area contributed by atoms with Gasteiger partial charge < -0.3 is 5.32 Å². The van der Waals surface area contributed by atoms with Crippen molar-refractivity contribution >= 4 is 15.7 Å². The molecule has 0 unspecified atom stereocenters. The molecule has 1 aliphatic carbocycles. The van der Waals surface area contributed by atoms with E-state index in [1.54, 1.807) is 30.3 Å². The lowest BCUT2D eigenvalue weighted by molar-refractivity contribution is -0.160. The SMILES string of the molecule is N#CC1(NC(=O)[C@H](CS(=O)(=O)CCc2ccccc2)N[C@@H](c2ccc(F)cc2)C(F)(F)F)CC1. The second kappa shape index (κ2) is 10.1. The maximum atomic E-state index is 13.9. The number of hydrogen-bond donors (Lipinski definition) is 2. The van der Waals surface area contributed by atoms with Crippen LogP contribution >= 0.6 is 0 Å². The Morgan fingerprint density at radius 1 is 1.09 bits per heavy atom. The predicted molar refractivity (Wildman–Crippen MR) is 117 cm³/mol. The van der Waals surface area contributed by atoms with Crippen LogP contribution in [0.5, 0.6) is 0 Å². The lowest BCUT2D eigenvalue weighted by atomic mass is 10.0. The van der Waals surface area contributed by atoms with Gasteiger partial charge in [-0.05, 0) is 42.5 Å². The predicted octanol–water partition coefficient (Wildman–Crippen LogP) is 3.22. The van der Waals surface area contributed by atoms with Crippen molar-refractivity contribution < 1.29 is 30.8 Å². The Balaban J connectivity index is 1.83. The summed E-state index contributed by atoms with van der Waals surface area (Å²) in [6, 6.07) is 9.85. The average Bonchev–Trinajstić information content (AvgIpc) is 3.56. The third-order valence-corrected chi connectivity index (χ3v) is 7.17. The fourth-order valence-corrected chi connectivity index (χ4v) is 4.87. The van der Waals surface area contributed by atoms with Crippen LogP contribution in [-0.4, -0.2) is 43.6 Å². The van der Waals surface area contributed by atoms with Crippen LogP contribution in [0.4, 0.5) is 17.6 Å². The minimum atomic E-state index is -4.91. The zero-order chi connectivity index (χ0) is 25.0. The van der Waals surface area contributed by atoms with Gasteiger partial charge in [0.1, 0.15) is 23.4 Å². The summed E-state index contributed by atoms with van der Waals surface area (Å²) in [6.07, 6.45) is -4.14. The Labute approximate surface area is 194 Å². The van der Waals surface area contributed by atoms with E-state index < -0.39 is 51.1 Å². The standard InChI is InChI=1S/C23H23F4N3O3S/c24-18-8-6-17(7-9-18)20(23(25,26)27)29-19(21(31)30-22(15-28)11-12-22)14-34(32,33)13-10-16-4-2-1-3-5-16/h1-9,19-20,29H,10-14H2,(H,30,31)/t19-,20-/m0/s1. The van der Waals surface area contributed by atoms with Gasteiger partial charge in [-0.1, -0.05) is 42.5 Å². The minimum absolute atomic E-state index is 0.125. The molecule has 1 amide bonds. The lowest BCUT2D eigenvalue weighted by Crippen LogP contribution is -2.54. The van der Waals surface area contributed by atoms with Crippen LogP contribution in [0.2, 0.25) is 0 Å². The van der Waals surface area contributed by atoms with E-state index in [9.17, 15) is 36.0 Å². The molecule has 0 bridgehead atoms. The topological polar surface area (TPSA) is 99.1 Å². The summed E-state index contributed by atoms with van der Waals surface area (Å²) in [4.78, 5) is 12.8. The van der Waals surface area contributed by atoms with Gasteiger partial charge in [-0.15, -0.1) is 0 Å². The van der Waals surface area contributed by atoms with Crippen molar-refractivity contribution in [2.75, 3.05) is 11.5 Å². The van der Waals surface area contributed by atoms with E-state index in [2.05, 4.69) is 10.6 Å². The molecule has 11 heteroatoms. The smallest absolute Gasteiger partial charge is 0.336 e. The van der Waals surface area contributed by atoms with Gasteiger partial charge in [0.2, 0.25) is 5.91 Å². The van der Waals surface area contributed by atoms with E-state index in [4.69, 9.17) is 0 Å². The van der Waals surface area contributed by atoms with Crippen molar-refractivity contribution in [2.45, 2.75) is 43.1 Å². The first-order valence-electron chi connectivity index (χ1n) is 10.5. The number of carbonyl (C=O) groups excluding carboxylic acids is 1. The first kappa shape index (κ1) is 25.6. The molecule has 1 aliphatic rings. The molecule has 0 aliphatic heterocycles. The Hall–Kier alpha value is -2.97. The van der Waals surface area contributed by atoms with Gasteiger partial charge in [0.25, 0.3) is 0 Å². The number of nitrogens with one attached hydrogen (secondary N) is 2. The van der Waals surface area contributed by atoms with Crippen molar-refractivity contribution in [3.63, 3.8) is 0 Å². The Morgan fingerprint density at radius 2 is 1.71 bits per heavy atom. The first-order valence-corrected chi connectivity index (χ1v) is 12.3. The van der Waals surface area contributed by atoms with Gasteiger partial charge in [-0.25, -0.2) is 12.8 Å². The van der Waals surface area contributed by atoms with Gasteiger partial charge >= 0.3 is 6.18 Å². The number of rotatable bonds is 10. The van der Waals surface area contributed by atoms with Crippen LogP contribution in [0.15, 0.2) is 54.6 Å². The van der Waals surface area contributed by atoms with Crippen molar-refractivity contribution in [3.05, 3.63) is 71.5 Å². The molecule has 0 heterocycles. The van der Waals surface area contributed by atoms with Crippen molar-refractivity contribution in [1.82, 2.24) is 10.6 Å². The molecule has 2 aromatic rings. The van der Waals surface area contributed by atoms with Crippen LogP contribution in [0, 0.1) is 17.1 Å². The molecule has 2 aromatic carbocycles. The van der Waals surface area contributed by atoms with Crippen LogP contribution in [-0.2, 0) is 21.1 Å². The molecule has 1 saturated carbocycles. The number of benzene rings is 2. The molecule has 0 aromatic heterocycles. The fourth-order valence-electron chi connectivity index (χ4n) is 3.40. The number of nitrogens with zero attached hydrogens (tertiary/aromatic N) is 1. The van der Waals surface area contributed by atoms with E-state index in [1.807, 2.05) is 6.07 Å². The quantitative estimate of drug-likeness (QED) is 0.491. The van der Waals surface area contributed by atoms with Gasteiger partial charge in [0.15, 0.2) is 9.84 Å². The number of hydrogen-bond acceptors (Lipinski definition) is 5. The molecular formula is C23H23F4N3O3S. The fraction of sp³-hybridized carbons (Fsp3) is 0.391. The van der Waals surface area contributed by atoms with Gasteiger partial charge in [0.05, 0.1) is 17.6 Å². The molecule has 34 heavy (non-hydrogen) atoms. The average molecular weight is 498 g/mol. The lowest BCUT2D eigenvalue weighted by Gasteiger charge is -2.28. The maximum Gasteiger partial charge on any atom is 0.407 e. The molecule has 0 saturated heterocycles. The molecule has 182 valence electrons. The highest BCUT2D eigenvalue weighted by atomic mass is 32.2. The highest BCUT2D eigenvalue weighted by Gasteiger charge is 2.48. The van der Waals surface area contributed by atoms with Gasteiger partial charge in [0, 0.05) is 0 Å². The van der Waals surface area contributed by atoms with E-state index in [-0.39, 0.29) is 17.7 Å². The highest BCUT2D eigenvalue weighted by molar-refractivity contribution is 7.91. The zero-order valence-electron chi connectivity index (χ0n) is 18.0. The zero-order valence-corrected chi connectivity index (χ0v) is 18.8. The number of amides is 1. The van der Waals surface area contributed by atoms with E-state index in [1.165, 1.54) is 0 Å². The van der Waals surface area contributed by atoms with Crippen LogP contribution in [0.3, 0.4) is 0 Å². The van der Waals surface area contributed by atoms with Crippen molar-refractivity contribution in [2.24, 2.45) is 0 Å². The number of carbonyl (C=O) groups is 1. The number of alkyl halides is 3. The summed E-state index contributed by atoms with van der Waals surface area (Å²) < 4.78 is 80.3. The van der Waals surface area contributed by atoms with E-state index in [0.29, 0.717) is 12.8 Å². The number of halogens is 4. The Morgan fingerprint density at radius 3 is 2.24 bits per heavy atom. The third-order valence-electron chi connectivity index (χ3n) is 5.51. The second-order valence-corrected chi connectivity index (χ2v) is 10.5. The highest BCUT2D eigenvalue weighted by Crippen LogP contribution is 2.35. The largest absolute Gasteiger partial charge is 0.407 e. The van der Waals surface area contributed by atoms with Crippen LogP contribution in [0.1, 0.15) is 30.0 Å². The Kier molecular flexibility index (Phi) is 7.63. The number of aryl methyl sites for hydroxylation is 1. The first-order chi connectivity index (χ1) is 15.9. The van der Waals surface area contributed by atoms with Gasteiger partial charge in [-0.2, -0.15) is 18.4 Å². The number of nitriles is 1. The van der Waals surface area contributed by atoms with Crippen molar-refractivity contribution in [1.29, 1.82) is 5.26 Å². The third kappa shape index (κ3) is 7.01. The molecule has 1 fully saturated rings. The summed E-state index contributed by atoms with van der Waals surface area (Å²) in [5.41, 5.74) is -0.857.